The van der Waals surface area contributed by atoms with Gasteiger partial charge in [0.2, 0.25) is 5.91 Å². The van der Waals surface area contributed by atoms with E-state index in [0.717, 1.165) is 36.2 Å². The molecule has 3 rings (SSSR count). The molecular formula is C20H25ClN4O2. The van der Waals surface area contributed by atoms with Crippen molar-refractivity contribution >= 4 is 29.9 Å². The van der Waals surface area contributed by atoms with Gasteiger partial charge < -0.3 is 16.8 Å². The zero-order chi connectivity index (χ0) is 18.5. The molecular weight excluding hydrogens is 364 g/mol. The van der Waals surface area contributed by atoms with Gasteiger partial charge in [0.1, 0.15) is 0 Å². The quantitative estimate of drug-likeness (QED) is 0.706. The van der Waals surface area contributed by atoms with Crippen molar-refractivity contribution in [3.05, 3.63) is 65.2 Å². The van der Waals surface area contributed by atoms with Crippen LogP contribution in [0.2, 0.25) is 0 Å². The molecule has 0 radical (unpaired) electrons. The number of carbonyl (C=O) groups is 2. The minimum Gasteiger partial charge on any atom is -0.368 e. The van der Waals surface area contributed by atoms with Gasteiger partial charge in [0.15, 0.2) is 0 Å². The van der Waals surface area contributed by atoms with Crippen LogP contribution in [0, 0.1) is 0 Å². The number of hydrogen-bond donors (Lipinski definition) is 3. The van der Waals surface area contributed by atoms with Crippen LogP contribution in [0.4, 0.5) is 5.69 Å². The van der Waals surface area contributed by atoms with Gasteiger partial charge in [0.05, 0.1) is 6.04 Å². The lowest BCUT2D eigenvalue weighted by Crippen LogP contribution is -2.39. The fourth-order valence-corrected chi connectivity index (χ4v) is 3.32. The summed E-state index contributed by atoms with van der Waals surface area (Å²) in [6.45, 7) is 1.95. The SMILES string of the molecule is Cl.NCc1ccc(C(=O)Nc2cccc(CN3CCCC3C(N)=O)c2)cc1. The lowest BCUT2D eigenvalue weighted by Gasteiger charge is -2.22. The van der Waals surface area contributed by atoms with Gasteiger partial charge in [-0.1, -0.05) is 24.3 Å². The summed E-state index contributed by atoms with van der Waals surface area (Å²) in [4.78, 5) is 26.0. The molecule has 0 aromatic heterocycles. The Balaban J connectivity index is 0.00000261. The van der Waals surface area contributed by atoms with Gasteiger partial charge in [-0.15, -0.1) is 12.4 Å². The van der Waals surface area contributed by atoms with Crippen LogP contribution in [-0.2, 0) is 17.9 Å². The maximum absolute atomic E-state index is 12.4. The highest BCUT2D eigenvalue weighted by Gasteiger charge is 2.28. The number of carbonyl (C=O) groups excluding carboxylic acids is 2. The zero-order valence-electron chi connectivity index (χ0n) is 15.1. The van der Waals surface area contributed by atoms with E-state index >= 15 is 0 Å². The second kappa shape index (κ2) is 9.50. The van der Waals surface area contributed by atoms with Gasteiger partial charge >= 0.3 is 0 Å². The minimum absolute atomic E-state index is 0. The Morgan fingerprint density at radius 1 is 1.11 bits per heavy atom. The summed E-state index contributed by atoms with van der Waals surface area (Å²) < 4.78 is 0. The summed E-state index contributed by atoms with van der Waals surface area (Å²) in [5.74, 6) is -0.435. The van der Waals surface area contributed by atoms with Crippen LogP contribution in [0.3, 0.4) is 0 Å². The number of primary amides is 1. The van der Waals surface area contributed by atoms with Crippen molar-refractivity contribution in [3.8, 4) is 0 Å². The Labute approximate surface area is 165 Å². The van der Waals surface area contributed by atoms with Gasteiger partial charge in [0, 0.05) is 24.3 Å². The number of likely N-dealkylation sites (tertiary alicyclic amines) is 1. The number of rotatable bonds is 6. The van der Waals surface area contributed by atoms with Crippen LogP contribution in [0.25, 0.3) is 0 Å². The first-order chi connectivity index (χ1) is 12.6. The Morgan fingerprint density at radius 2 is 1.85 bits per heavy atom. The van der Waals surface area contributed by atoms with Crippen LogP contribution in [0.15, 0.2) is 48.5 Å². The number of nitrogens with zero attached hydrogens (tertiary/aromatic N) is 1. The number of halogens is 1. The molecule has 2 aromatic carbocycles. The molecule has 27 heavy (non-hydrogen) atoms. The average Bonchev–Trinajstić information content (AvgIpc) is 3.10. The first kappa shape index (κ1) is 20.9. The predicted molar refractivity (Wildman–Crippen MR) is 109 cm³/mol. The van der Waals surface area contributed by atoms with E-state index in [1.165, 1.54) is 0 Å². The molecule has 2 amide bonds. The maximum Gasteiger partial charge on any atom is 0.255 e. The Kier molecular flexibility index (Phi) is 7.36. The molecule has 1 heterocycles. The number of benzene rings is 2. The van der Waals surface area contributed by atoms with Crippen LogP contribution >= 0.6 is 12.4 Å². The number of anilines is 1. The van der Waals surface area contributed by atoms with E-state index < -0.39 is 0 Å². The summed E-state index contributed by atoms with van der Waals surface area (Å²) in [5, 5.41) is 2.91. The van der Waals surface area contributed by atoms with Gasteiger partial charge in [-0.25, -0.2) is 0 Å². The third-order valence-corrected chi connectivity index (χ3v) is 4.71. The first-order valence-corrected chi connectivity index (χ1v) is 8.79. The fourth-order valence-electron chi connectivity index (χ4n) is 3.32. The molecule has 0 aliphatic carbocycles. The Hall–Kier alpha value is -2.41. The molecule has 6 nitrogen and oxygen atoms in total. The van der Waals surface area contributed by atoms with E-state index in [4.69, 9.17) is 11.5 Å². The van der Waals surface area contributed by atoms with Crippen molar-refractivity contribution in [3.63, 3.8) is 0 Å². The Morgan fingerprint density at radius 3 is 2.52 bits per heavy atom. The van der Waals surface area contributed by atoms with Crippen molar-refractivity contribution in [1.29, 1.82) is 0 Å². The summed E-state index contributed by atoms with van der Waals surface area (Å²) in [6, 6.07) is 14.7. The molecule has 1 unspecified atom stereocenters. The van der Waals surface area contributed by atoms with Crippen molar-refractivity contribution in [1.82, 2.24) is 4.90 Å². The van der Waals surface area contributed by atoms with Crippen LogP contribution in [0.1, 0.15) is 34.3 Å². The molecule has 1 aliphatic heterocycles. The highest BCUT2D eigenvalue weighted by Crippen LogP contribution is 2.21. The largest absolute Gasteiger partial charge is 0.368 e. The maximum atomic E-state index is 12.4. The van der Waals surface area contributed by atoms with Crippen LogP contribution in [0.5, 0.6) is 0 Å². The van der Waals surface area contributed by atoms with Crippen LogP contribution in [-0.4, -0.2) is 29.3 Å². The van der Waals surface area contributed by atoms with E-state index in [0.29, 0.717) is 18.7 Å². The minimum atomic E-state index is -0.270. The van der Waals surface area contributed by atoms with Gasteiger partial charge in [-0.3, -0.25) is 14.5 Å². The second-order valence-corrected chi connectivity index (χ2v) is 6.59. The molecule has 0 bridgehead atoms. The number of nitrogens with one attached hydrogen (secondary N) is 1. The van der Waals surface area contributed by atoms with Crippen molar-refractivity contribution in [2.45, 2.75) is 32.0 Å². The lowest BCUT2D eigenvalue weighted by atomic mass is 10.1. The molecule has 1 aliphatic rings. The molecule has 0 saturated carbocycles. The normalized spacial score (nSPS) is 16.6. The second-order valence-electron chi connectivity index (χ2n) is 6.59. The molecule has 7 heteroatoms. The molecule has 1 atom stereocenters. The van der Waals surface area contributed by atoms with E-state index in [2.05, 4.69) is 10.2 Å². The molecule has 144 valence electrons. The standard InChI is InChI=1S/C20H24N4O2.ClH/c21-12-14-6-8-16(9-7-14)20(26)23-17-4-1-3-15(11-17)13-24-10-2-5-18(24)19(22)25;/h1,3-4,6-9,11,18H,2,5,10,12-13,21H2,(H2,22,25)(H,23,26);1H. The monoisotopic (exact) mass is 388 g/mol. The van der Waals surface area contributed by atoms with E-state index in [1.54, 1.807) is 12.1 Å². The lowest BCUT2D eigenvalue weighted by molar-refractivity contribution is -0.122. The van der Waals surface area contributed by atoms with Crippen LogP contribution < -0.4 is 16.8 Å². The van der Waals surface area contributed by atoms with E-state index in [-0.39, 0.29) is 30.3 Å². The zero-order valence-corrected chi connectivity index (χ0v) is 15.9. The number of hydrogen-bond acceptors (Lipinski definition) is 4. The van der Waals surface area contributed by atoms with Gasteiger partial charge in [-0.05, 0) is 54.8 Å². The Bertz CT molecular complexity index is 795. The highest BCUT2D eigenvalue weighted by atomic mass is 35.5. The van der Waals surface area contributed by atoms with Gasteiger partial charge in [0.25, 0.3) is 5.91 Å². The first-order valence-electron chi connectivity index (χ1n) is 8.79. The molecule has 5 N–H and O–H groups in total. The molecule has 1 saturated heterocycles. The van der Waals surface area contributed by atoms with Crippen molar-refractivity contribution < 1.29 is 9.59 Å². The van der Waals surface area contributed by atoms with Gasteiger partial charge in [-0.2, -0.15) is 0 Å². The molecule has 0 spiro atoms. The summed E-state index contributed by atoms with van der Waals surface area (Å²) >= 11 is 0. The highest BCUT2D eigenvalue weighted by molar-refractivity contribution is 6.04. The van der Waals surface area contributed by atoms with Crippen molar-refractivity contribution in [2.75, 3.05) is 11.9 Å². The number of amides is 2. The topological polar surface area (TPSA) is 101 Å². The summed E-state index contributed by atoms with van der Waals surface area (Å²) in [6.07, 6.45) is 1.79. The third-order valence-electron chi connectivity index (χ3n) is 4.71. The van der Waals surface area contributed by atoms with Crippen molar-refractivity contribution in [2.24, 2.45) is 11.5 Å². The average molecular weight is 389 g/mol. The molecule has 1 fully saturated rings. The summed E-state index contributed by atoms with van der Waals surface area (Å²) in [5.41, 5.74) is 14.4. The predicted octanol–water partition coefficient (Wildman–Crippen LogP) is 2.27. The molecule has 2 aromatic rings. The number of nitrogens with two attached hydrogens (primary N) is 2. The van der Waals surface area contributed by atoms with E-state index in [1.807, 2.05) is 36.4 Å². The smallest absolute Gasteiger partial charge is 0.255 e. The third kappa shape index (κ3) is 5.29. The summed E-state index contributed by atoms with van der Waals surface area (Å²) in [7, 11) is 0. The fraction of sp³-hybridized carbons (Fsp3) is 0.300. The van der Waals surface area contributed by atoms with E-state index in [9.17, 15) is 9.59 Å².